The molecule has 0 unspecified atom stereocenters. The fourth-order valence-corrected chi connectivity index (χ4v) is 2.24. The van der Waals surface area contributed by atoms with Gasteiger partial charge in [0.15, 0.2) is 6.29 Å². The number of carbonyl (C=O) groups excluding carboxylic acids is 1. The molecular formula is C12H8BrCl2N3O. The molecular weight excluding hydrogens is 353 g/mol. The molecule has 2 rings (SSSR count). The molecule has 0 amide bonds. The third kappa shape index (κ3) is 3.23. The highest BCUT2D eigenvalue weighted by molar-refractivity contribution is 9.10. The predicted molar refractivity (Wildman–Crippen MR) is 79.6 cm³/mol. The zero-order chi connectivity index (χ0) is 14.0. The monoisotopic (exact) mass is 359 g/mol. The van der Waals surface area contributed by atoms with Gasteiger partial charge in [-0.25, -0.2) is 9.97 Å². The number of carbonyl (C=O) groups is 1. The first-order valence-corrected chi connectivity index (χ1v) is 6.77. The number of hydrogen-bond donors (Lipinski definition) is 1. The van der Waals surface area contributed by atoms with E-state index >= 15 is 0 Å². The molecule has 1 heterocycles. The molecule has 98 valence electrons. The summed E-state index contributed by atoms with van der Waals surface area (Å²) in [5.41, 5.74) is 0.893. The number of hydrogen-bond acceptors (Lipinski definition) is 4. The largest absolute Gasteiger partial charge is 0.339 e. The van der Waals surface area contributed by atoms with Gasteiger partial charge in [0.25, 0.3) is 0 Å². The van der Waals surface area contributed by atoms with Crippen molar-refractivity contribution in [1.29, 1.82) is 0 Å². The minimum Gasteiger partial charge on any atom is -0.339 e. The molecule has 7 heteroatoms. The minimum absolute atomic E-state index is 0.114. The standard InChI is InChI=1S/C12H8BrCl2N3O/c1-6-16-11(15)8(5-19)12(17-6)18-10-4-7(14)2-3-9(10)13/h2-5H,1H3,(H,16,17,18). The number of rotatable bonds is 3. The number of aromatic nitrogens is 2. The van der Waals surface area contributed by atoms with Crippen molar-refractivity contribution in [3.05, 3.63) is 44.2 Å². The van der Waals surface area contributed by atoms with Crippen LogP contribution in [-0.4, -0.2) is 16.3 Å². The van der Waals surface area contributed by atoms with Gasteiger partial charge in [-0.1, -0.05) is 23.2 Å². The average Bonchev–Trinajstić information content (AvgIpc) is 2.33. The number of benzene rings is 1. The molecule has 0 saturated carbocycles. The summed E-state index contributed by atoms with van der Waals surface area (Å²) in [5, 5.41) is 3.70. The molecule has 4 nitrogen and oxygen atoms in total. The number of nitrogens with one attached hydrogen (secondary N) is 1. The quantitative estimate of drug-likeness (QED) is 0.650. The molecule has 0 atom stereocenters. The van der Waals surface area contributed by atoms with E-state index in [0.717, 1.165) is 4.47 Å². The Morgan fingerprint density at radius 2 is 2.05 bits per heavy atom. The molecule has 19 heavy (non-hydrogen) atoms. The van der Waals surface area contributed by atoms with E-state index in [-0.39, 0.29) is 10.7 Å². The summed E-state index contributed by atoms with van der Waals surface area (Å²) in [4.78, 5) is 19.2. The van der Waals surface area contributed by atoms with Gasteiger partial charge in [-0.2, -0.15) is 0 Å². The third-order valence-corrected chi connectivity index (χ3v) is 3.52. The lowest BCUT2D eigenvalue weighted by atomic mass is 10.3. The van der Waals surface area contributed by atoms with E-state index in [1.807, 2.05) is 0 Å². The maximum absolute atomic E-state index is 11.1. The fraction of sp³-hybridized carbons (Fsp3) is 0.0833. The van der Waals surface area contributed by atoms with Crippen molar-refractivity contribution >= 4 is 56.9 Å². The van der Waals surface area contributed by atoms with Gasteiger partial charge in [0.05, 0.1) is 11.3 Å². The van der Waals surface area contributed by atoms with Gasteiger partial charge < -0.3 is 5.32 Å². The Labute approximate surface area is 128 Å². The van der Waals surface area contributed by atoms with Crippen LogP contribution in [0.3, 0.4) is 0 Å². The Morgan fingerprint density at radius 3 is 2.74 bits per heavy atom. The Hall–Kier alpha value is -1.17. The first-order chi connectivity index (χ1) is 9.01. The molecule has 1 aromatic heterocycles. The number of nitrogens with zero attached hydrogens (tertiary/aromatic N) is 2. The van der Waals surface area contributed by atoms with Crippen LogP contribution in [0.25, 0.3) is 0 Å². The first-order valence-electron chi connectivity index (χ1n) is 5.22. The van der Waals surface area contributed by atoms with Gasteiger partial charge in [0.2, 0.25) is 0 Å². The second-order valence-corrected chi connectivity index (χ2v) is 5.34. The van der Waals surface area contributed by atoms with Crippen molar-refractivity contribution in [3.8, 4) is 0 Å². The highest BCUT2D eigenvalue weighted by Crippen LogP contribution is 2.30. The molecule has 0 aliphatic heterocycles. The van der Waals surface area contributed by atoms with Crippen molar-refractivity contribution in [3.63, 3.8) is 0 Å². The zero-order valence-electron chi connectivity index (χ0n) is 9.75. The van der Waals surface area contributed by atoms with Crippen LogP contribution in [0.1, 0.15) is 16.2 Å². The van der Waals surface area contributed by atoms with Crippen molar-refractivity contribution in [2.45, 2.75) is 6.92 Å². The van der Waals surface area contributed by atoms with Crippen molar-refractivity contribution in [2.24, 2.45) is 0 Å². The smallest absolute Gasteiger partial charge is 0.156 e. The summed E-state index contributed by atoms with van der Waals surface area (Å²) in [6.07, 6.45) is 0.614. The summed E-state index contributed by atoms with van der Waals surface area (Å²) < 4.78 is 0.793. The number of anilines is 2. The lowest BCUT2D eigenvalue weighted by Gasteiger charge is -2.11. The Balaban J connectivity index is 2.48. The van der Waals surface area contributed by atoms with Crippen LogP contribution in [-0.2, 0) is 0 Å². The average molecular weight is 361 g/mol. The molecule has 0 aliphatic rings. The van der Waals surface area contributed by atoms with E-state index in [0.29, 0.717) is 28.6 Å². The lowest BCUT2D eigenvalue weighted by molar-refractivity contribution is 0.112. The van der Waals surface area contributed by atoms with Crippen LogP contribution in [0.15, 0.2) is 22.7 Å². The lowest BCUT2D eigenvalue weighted by Crippen LogP contribution is -2.03. The Morgan fingerprint density at radius 1 is 1.32 bits per heavy atom. The topological polar surface area (TPSA) is 54.9 Å². The van der Waals surface area contributed by atoms with Crippen LogP contribution in [0.4, 0.5) is 11.5 Å². The number of halogens is 3. The van der Waals surface area contributed by atoms with Gasteiger partial charge in [0, 0.05) is 9.50 Å². The van der Waals surface area contributed by atoms with Gasteiger partial charge >= 0.3 is 0 Å². The van der Waals surface area contributed by atoms with E-state index in [1.54, 1.807) is 25.1 Å². The molecule has 0 bridgehead atoms. The van der Waals surface area contributed by atoms with E-state index in [9.17, 15) is 4.79 Å². The van der Waals surface area contributed by atoms with Gasteiger partial charge in [0.1, 0.15) is 16.8 Å². The molecule has 0 fully saturated rings. The van der Waals surface area contributed by atoms with Crippen LogP contribution in [0, 0.1) is 6.92 Å². The molecule has 0 spiro atoms. The summed E-state index contributed by atoms with van der Waals surface area (Å²) in [7, 11) is 0. The second kappa shape index (κ2) is 5.86. The molecule has 2 aromatic rings. The van der Waals surface area contributed by atoms with Crippen molar-refractivity contribution < 1.29 is 4.79 Å². The molecule has 0 saturated heterocycles. The van der Waals surface area contributed by atoms with Gasteiger partial charge in [-0.15, -0.1) is 0 Å². The number of aryl methyl sites for hydroxylation is 1. The first kappa shape index (κ1) is 14.2. The minimum atomic E-state index is 0.114. The second-order valence-electron chi connectivity index (χ2n) is 3.69. The van der Waals surface area contributed by atoms with Gasteiger partial charge in [-0.05, 0) is 41.1 Å². The Kier molecular flexibility index (Phi) is 4.39. The van der Waals surface area contributed by atoms with Crippen LogP contribution in [0.2, 0.25) is 10.2 Å². The summed E-state index contributed by atoms with van der Waals surface area (Å²) in [5.74, 6) is 0.812. The highest BCUT2D eigenvalue weighted by Gasteiger charge is 2.12. The van der Waals surface area contributed by atoms with E-state index in [1.165, 1.54) is 0 Å². The van der Waals surface area contributed by atoms with Crippen molar-refractivity contribution in [2.75, 3.05) is 5.32 Å². The van der Waals surface area contributed by atoms with Crippen LogP contribution < -0.4 is 5.32 Å². The van der Waals surface area contributed by atoms with Crippen LogP contribution in [0.5, 0.6) is 0 Å². The summed E-state index contributed by atoms with van der Waals surface area (Å²) in [6, 6.07) is 5.25. The van der Waals surface area contributed by atoms with E-state index in [4.69, 9.17) is 23.2 Å². The van der Waals surface area contributed by atoms with E-state index < -0.39 is 0 Å². The summed E-state index contributed by atoms with van der Waals surface area (Å²) in [6.45, 7) is 1.69. The predicted octanol–water partition coefficient (Wildman–Crippen LogP) is 4.41. The van der Waals surface area contributed by atoms with Gasteiger partial charge in [-0.3, -0.25) is 4.79 Å². The Bertz CT molecular complexity index is 649. The maximum Gasteiger partial charge on any atom is 0.156 e. The fourth-order valence-electron chi connectivity index (χ4n) is 1.47. The normalized spacial score (nSPS) is 10.3. The zero-order valence-corrected chi connectivity index (χ0v) is 12.8. The number of aldehydes is 1. The molecule has 0 radical (unpaired) electrons. The molecule has 0 aliphatic carbocycles. The van der Waals surface area contributed by atoms with Crippen LogP contribution >= 0.6 is 39.1 Å². The molecule has 1 aromatic carbocycles. The maximum atomic E-state index is 11.1. The third-order valence-electron chi connectivity index (χ3n) is 2.31. The highest BCUT2D eigenvalue weighted by atomic mass is 79.9. The summed E-state index contributed by atoms with van der Waals surface area (Å²) >= 11 is 15.2. The van der Waals surface area contributed by atoms with Crippen molar-refractivity contribution in [1.82, 2.24) is 9.97 Å². The SMILES string of the molecule is Cc1nc(Cl)c(C=O)c(Nc2cc(Cl)ccc2Br)n1. The molecule has 1 N–H and O–H groups in total. The van der Waals surface area contributed by atoms with E-state index in [2.05, 4.69) is 31.2 Å².